The summed E-state index contributed by atoms with van der Waals surface area (Å²) < 4.78 is 0. The average molecular weight is 223 g/mol. The Morgan fingerprint density at radius 1 is 0.941 bits per heavy atom. The van der Waals surface area contributed by atoms with Gasteiger partial charge in [-0.2, -0.15) is 0 Å². The third-order valence-electron chi connectivity index (χ3n) is 2.81. The summed E-state index contributed by atoms with van der Waals surface area (Å²) in [5.74, 6) is 0. The van der Waals surface area contributed by atoms with E-state index in [9.17, 15) is 0 Å². The molecule has 0 aromatic heterocycles. The summed E-state index contributed by atoms with van der Waals surface area (Å²) in [6, 6.07) is 18.9. The maximum absolute atomic E-state index is 4.57. The predicted molar refractivity (Wildman–Crippen MR) is 73.6 cm³/mol. The van der Waals surface area contributed by atoms with E-state index >= 15 is 0 Å². The zero-order valence-electron chi connectivity index (χ0n) is 10.3. The van der Waals surface area contributed by atoms with Gasteiger partial charge in [0.1, 0.15) is 0 Å². The normalized spacial score (nSPS) is 12.8. The molecule has 1 heteroatoms. The van der Waals surface area contributed by atoms with E-state index < -0.39 is 0 Å². The number of hydrogen-bond acceptors (Lipinski definition) is 1. The molecule has 0 amide bonds. The fraction of sp³-hybridized carbons (Fsp3) is 0.188. The van der Waals surface area contributed by atoms with Crippen LogP contribution in [0.2, 0.25) is 0 Å². The molecule has 0 aliphatic rings. The molecule has 17 heavy (non-hydrogen) atoms. The molecule has 1 atom stereocenters. The minimum Gasteiger partial charge on any atom is -0.285 e. The Hall–Kier alpha value is -1.89. The molecule has 0 spiro atoms. The number of hydrogen-bond donors (Lipinski definition) is 0. The monoisotopic (exact) mass is 223 g/mol. The molecular weight excluding hydrogens is 206 g/mol. The van der Waals surface area contributed by atoms with Crippen molar-refractivity contribution in [2.45, 2.75) is 19.9 Å². The molecule has 2 rings (SSSR count). The van der Waals surface area contributed by atoms with E-state index in [1.165, 1.54) is 11.1 Å². The molecular formula is C16H17N. The lowest BCUT2D eigenvalue weighted by Gasteiger charge is -2.05. The quantitative estimate of drug-likeness (QED) is 0.692. The van der Waals surface area contributed by atoms with E-state index in [0.717, 1.165) is 5.56 Å². The fourth-order valence-electron chi connectivity index (χ4n) is 1.67. The van der Waals surface area contributed by atoms with Crippen LogP contribution in [0.3, 0.4) is 0 Å². The highest BCUT2D eigenvalue weighted by molar-refractivity contribution is 5.79. The van der Waals surface area contributed by atoms with Crippen LogP contribution in [0.4, 0.5) is 0 Å². The first-order valence-electron chi connectivity index (χ1n) is 5.90. The Morgan fingerprint density at radius 2 is 1.59 bits per heavy atom. The van der Waals surface area contributed by atoms with Gasteiger partial charge in [0.2, 0.25) is 0 Å². The van der Waals surface area contributed by atoms with Gasteiger partial charge in [0.15, 0.2) is 0 Å². The highest BCUT2D eigenvalue weighted by Crippen LogP contribution is 2.15. The Labute approximate surface area is 103 Å². The van der Waals surface area contributed by atoms with E-state index in [2.05, 4.69) is 55.2 Å². The minimum absolute atomic E-state index is 0.206. The van der Waals surface area contributed by atoms with Crippen LogP contribution in [0.1, 0.15) is 29.7 Å². The fourth-order valence-corrected chi connectivity index (χ4v) is 1.67. The molecule has 0 aliphatic carbocycles. The van der Waals surface area contributed by atoms with Gasteiger partial charge in [-0.25, -0.2) is 0 Å². The average Bonchev–Trinajstić information content (AvgIpc) is 2.39. The lowest BCUT2D eigenvalue weighted by Crippen LogP contribution is -1.90. The molecule has 0 fully saturated rings. The van der Waals surface area contributed by atoms with Crippen molar-refractivity contribution in [2.75, 3.05) is 0 Å². The van der Waals surface area contributed by atoms with Crippen LogP contribution < -0.4 is 0 Å². The number of nitrogens with zero attached hydrogens (tertiary/aromatic N) is 1. The van der Waals surface area contributed by atoms with E-state index in [0.29, 0.717) is 0 Å². The Kier molecular flexibility index (Phi) is 3.71. The van der Waals surface area contributed by atoms with Gasteiger partial charge in [-0.15, -0.1) is 0 Å². The maximum Gasteiger partial charge on any atom is 0.0721 e. The molecule has 0 aliphatic heterocycles. The highest BCUT2D eigenvalue weighted by Gasteiger charge is 2.00. The third-order valence-corrected chi connectivity index (χ3v) is 2.81. The molecule has 1 nitrogen and oxygen atoms in total. The van der Waals surface area contributed by atoms with Gasteiger partial charge in [-0.3, -0.25) is 4.99 Å². The standard InChI is InChI=1S/C16H17N/c1-13-8-10-15(11-9-13)12-17-14(2)16-6-4-3-5-7-16/h3-12,14H,1-2H3/b17-12+/t14-/m0/s1. The molecule has 0 saturated heterocycles. The van der Waals surface area contributed by atoms with Crippen molar-refractivity contribution < 1.29 is 0 Å². The van der Waals surface area contributed by atoms with Gasteiger partial charge in [0.25, 0.3) is 0 Å². The van der Waals surface area contributed by atoms with Crippen LogP contribution in [-0.2, 0) is 0 Å². The summed E-state index contributed by atoms with van der Waals surface area (Å²) in [5.41, 5.74) is 3.67. The first-order chi connectivity index (χ1) is 8.25. The van der Waals surface area contributed by atoms with Gasteiger partial charge in [0, 0.05) is 6.21 Å². The van der Waals surface area contributed by atoms with Crippen molar-refractivity contribution in [1.29, 1.82) is 0 Å². The summed E-state index contributed by atoms with van der Waals surface area (Å²) in [5, 5.41) is 0. The first-order valence-corrected chi connectivity index (χ1v) is 5.90. The largest absolute Gasteiger partial charge is 0.285 e. The third kappa shape index (κ3) is 3.28. The van der Waals surface area contributed by atoms with Crippen molar-refractivity contribution in [1.82, 2.24) is 0 Å². The Morgan fingerprint density at radius 3 is 2.24 bits per heavy atom. The van der Waals surface area contributed by atoms with Crippen molar-refractivity contribution in [3.63, 3.8) is 0 Å². The molecule has 86 valence electrons. The topological polar surface area (TPSA) is 12.4 Å². The summed E-state index contributed by atoms with van der Waals surface area (Å²) in [6.45, 7) is 4.20. The van der Waals surface area contributed by atoms with Crippen LogP contribution in [0.25, 0.3) is 0 Å². The van der Waals surface area contributed by atoms with Gasteiger partial charge in [-0.1, -0.05) is 60.2 Å². The number of benzene rings is 2. The molecule has 0 unspecified atom stereocenters. The molecule has 2 aromatic carbocycles. The number of aryl methyl sites for hydroxylation is 1. The summed E-state index contributed by atoms with van der Waals surface area (Å²) >= 11 is 0. The molecule has 0 radical (unpaired) electrons. The van der Waals surface area contributed by atoms with Gasteiger partial charge >= 0.3 is 0 Å². The molecule has 0 bridgehead atoms. The second kappa shape index (κ2) is 5.44. The summed E-state index contributed by atoms with van der Waals surface area (Å²) in [7, 11) is 0. The van der Waals surface area contributed by atoms with E-state index in [1.54, 1.807) is 0 Å². The highest BCUT2D eigenvalue weighted by atomic mass is 14.8. The molecule has 0 N–H and O–H groups in total. The van der Waals surface area contributed by atoms with Crippen molar-refractivity contribution in [3.05, 3.63) is 71.3 Å². The van der Waals surface area contributed by atoms with Gasteiger partial charge < -0.3 is 0 Å². The summed E-state index contributed by atoms with van der Waals surface area (Å²) in [6.07, 6.45) is 1.94. The van der Waals surface area contributed by atoms with Crippen LogP contribution in [-0.4, -0.2) is 6.21 Å². The van der Waals surface area contributed by atoms with E-state index in [-0.39, 0.29) is 6.04 Å². The zero-order valence-corrected chi connectivity index (χ0v) is 10.3. The lowest BCUT2D eigenvalue weighted by atomic mass is 10.1. The number of rotatable bonds is 3. The van der Waals surface area contributed by atoms with Crippen LogP contribution in [0.15, 0.2) is 59.6 Å². The van der Waals surface area contributed by atoms with E-state index in [4.69, 9.17) is 0 Å². The van der Waals surface area contributed by atoms with Crippen LogP contribution >= 0.6 is 0 Å². The smallest absolute Gasteiger partial charge is 0.0721 e. The Bertz CT molecular complexity index is 483. The summed E-state index contributed by atoms with van der Waals surface area (Å²) in [4.78, 5) is 4.57. The minimum atomic E-state index is 0.206. The van der Waals surface area contributed by atoms with Gasteiger partial charge in [0.05, 0.1) is 6.04 Å². The van der Waals surface area contributed by atoms with Gasteiger partial charge in [-0.05, 0) is 25.0 Å². The van der Waals surface area contributed by atoms with Crippen molar-refractivity contribution in [2.24, 2.45) is 4.99 Å². The SMILES string of the molecule is Cc1ccc(/C=N/[C@@H](C)c2ccccc2)cc1. The van der Waals surface area contributed by atoms with Crippen LogP contribution in [0.5, 0.6) is 0 Å². The van der Waals surface area contributed by atoms with Crippen molar-refractivity contribution in [3.8, 4) is 0 Å². The Balaban J connectivity index is 2.08. The van der Waals surface area contributed by atoms with E-state index in [1.807, 2.05) is 24.4 Å². The second-order valence-electron chi connectivity index (χ2n) is 4.28. The van der Waals surface area contributed by atoms with Crippen molar-refractivity contribution >= 4 is 6.21 Å². The maximum atomic E-state index is 4.57. The molecule has 2 aromatic rings. The van der Waals surface area contributed by atoms with Crippen LogP contribution in [0, 0.1) is 6.92 Å². The number of aliphatic imine (C=N–C) groups is 1. The lowest BCUT2D eigenvalue weighted by molar-refractivity contribution is 0.825. The zero-order chi connectivity index (χ0) is 12.1. The second-order valence-corrected chi connectivity index (χ2v) is 4.28. The molecule has 0 heterocycles. The predicted octanol–water partition coefficient (Wildman–Crippen LogP) is 4.18. The first kappa shape index (κ1) is 11.6. The molecule has 0 saturated carbocycles.